The van der Waals surface area contributed by atoms with Gasteiger partial charge in [0.05, 0.1) is 11.8 Å². The summed E-state index contributed by atoms with van der Waals surface area (Å²) >= 11 is 0. The minimum Gasteiger partial charge on any atom is -0.444 e. The molecule has 9 nitrogen and oxygen atoms in total. The number of aromatic nitrogens is 4. The number of benzene rings is 1. The minimum absolute atomic E-state index is 0.0566. The number of aryl methyl sites for hydroxylation is 1. The predicted molar refractivity (Wildman–Crippen MR) is 134 cm³/mol. The molecule has 0 bridgehead atoms. The summed E-state index contributed by atoms with van der Waals surface area (Å²) in [4.78, 5) is 35.8. The van der Waals surface area contributed by atoms with E-state index in [1.807, 2.05) is 64.5 Å². The second-order valence-electron chi connectivity index (χ2n) is 9.91. The molecular formula is C26H32N6O3. The zero-order valence-electron chi connectivity index (χ0n) is 20.9. The van der Waals surface area contributed by atoms with E-state index in [0.29, 0.717) is 30.3 Å². The quantitative estimate of drug-likeness (QED) is 0.539. The summed E-state index contributed by atoms with van der Waals surface area (Å²) in [5.74, 6) is 0.872. The van der Waals surface area contributed by atoms with Gasteiger partial charge in [-0.15, -0.1) is 0 Å². The van der Waals surface area contributed by atoms with Gasteiger partial charge >= 0.3 is 6.09 Å². The van der Waals surface area contributed by atoms with Crippen molar-refractivity contribution >= 4 is 17.7 Å². The Morgan fingerprint density at radius 3 is 2.60 bits per heavy atom. The Labute approximate surface area is 205 Å². The number of hydrogen-bond acceptors (Lipinski definition) is 7. The molecular weight excluding hydrogens is 444 g/mol. The van der Waals surface area contributed by atoms with Gasteiger partial charge in [-0.1, -0.05) is 18.2 Å². The normalized spacial score (nSPS) is 16.1. The van der Waals surface area contributed by atoms with E-state index in [1.165, 1.54) is 6.92 Å². The first-order chi connectivity index (χ1) is 16.6. The number of ketones is 1. The molecule has 9 heteroatoms. The summed E-state index contributed by atoms with van der Waals surface area (Å²) in [5, 5.41) is 7.65. The summed E-state index contributed by atoms with van der Waals surface area (Å²) in [6.45, 7) is 8.19. The minimum atomic E-state index is -0.550. The third-order valence-electron chi connectivity index (χ3n) is 5.74. The third kappa shape index (κ3) is 6.03. The number of nitrogens with zero attached hydrogens (tertiary/aromatic N) is 5. The molecule has 1 fully saturated rings. The van der Waals surface area contributed by atoms with Crippen LogP contribution in [0.4, 0.5) is 10.6 Å². The van der Waals surface area contributed by atoms with Crippen molar-refractivity contribution in [1.29, 1.82) is 0 Å². The number of carbonyl (C=O) groups excluding carboxylic acids is 2. The summed E-state index contributed by atoms with van der Waals surface area (Å²) < 4.78 is 7.29. The van der Waals surface area contributed by atoms with Crippen LogP contribution in [0.25, 0.3) is 22.5 Å². The van der Waals surface area contributed by atoms with Crippen molar-refractivity contribution in [2.75, 3.05) is 18.4 Å². The fourth-order valence-electron chi connectivity index (χ4n) is 4.08. The second-order valence-corrected chi connectivity index (χ2v) is 9.91. The molecule has 0 aliphatic carbocycles. The number of hydrogen-bond donors (Lipinski definition) is 1. The van der Waals surface area contributed by atoms with Gasteiger partial charge in [0.1, 0.15) is 11.4 Å². The molecule has 3 heterocycles. The van der Waals surface area contributed by atoms with Crippen LogP contribution in [0.15, 0.2) is 42.9 Å². The maximum Gasteiger partial charge on any atom is 0.410 e. The van der Waals surface area contributed by atoms with Crippen LogP contribution in [0, 0.1) is 0 Å². The van der Waals surface area contributed by atoms with E-state index in [0.717, 1.165) is 29.5 Å². The predicted octanol–water partition coefficient (Wildman–Crippen LogP) is 4.56. The lowest BCUT2D eigenvalue weighted by atomic mass is 10.0. The van der Waals surface area contributed by atoms with Crippen LogP contribution >= 0.6 is 0 Å². The Morgan fingerprint density at radius 2 is 1.91 bits per heavy atom. The molecule has 0 radical (unpaired) electrons. The first kappa shape index (κ1) is 24.4. The first-order valence-electron chi connectivity index (χ1n) is 11.8. The van der Waals surface area contributed by atoms with E-state index in [2.05, 4.69) is 15.4 Å². The Bertz CT molecular complexity index is 1230. The van der Waals surface area contributed by atoms with E-state index in [4.69, 9.17) is 9.72 Å². The van der Waals surface area contributed by atoms with Crippen molar-refractivity contribution in [3.8, 4) is 22.5 Å². The maximum absolute atomic E-state index is 12.6. The number of nitrogens with one attached hydrogen (secondary N) is 1. The standard InChI is InChI=1S/C26H32N6O3/c1-17(33)22-14-27-23(19-9-6-8-18(12-19)20-13-28-31(5)15-20)30-24(22)29-21-10-7-11-32(16-21)25(34)35-26(2,3)4/h6,8-9,12-15,21H,7,10-11,16H2,1-5H3,(H,27,29,30). The molecule has 2 aromatic heterocycles. The molecule has 0 saturated carbocycles. The molecule has 1 aliphatic rings. The van der Waals surface area contributed by atoms with Crippen LogP contribution in [0.3, 0.4) is 0 Å². The van der Waals surface area contributed by atoms with Crippen molar-refractivity contribution in [3.63, 3.8) is 0 Å². The molecule has 35 heavy (non-hydrogen) atoms. The SMILES string of the molecule is CC(=O)c1cnc(-c2cccc(-c3cnn(C)c3)c2)nc1NC1CCCN(C(=O)OC(C)(C)C)C1. The van der Waals surface area contributed by atoms with Gasteiger partial charge in [0, 0.05) is 49.7 Å². The highest BCUT2D eigenvalue weighted by atomic mass is 16.6. The van der Waals surface area contributed by atoms with Crippen molar-refractivity contribution in [1.82, 2.24) is 24.6 Å². The molecule has 1 saturated heterocycles. The first-order valence-corrected chi connectivity index (χ1v) is 11.8. The van der Waals surface area contributed by atoms with Gasteiger partial charge in [0.2, 0.25) is 0 Å². The van der Waals surface area contributed by atoms with E-state index < -0.39 is 5.60 Å². The average Bonchev–Trinajstić information content (AvgIpc) is 3.24. The molecule has 3 aromatic rings. The molecule has 184 valence electrons. The molecule has 1 atom stereocenters. The molecule has 1 aliphatic heterocycles. The Hall–Kier alpha value is -3.75. The topological polar surface area (TPSA) is 102 Å². The van der Waals surface area contributed by atoms with Crippen molar-refractivity contribution in [2.45, 2.75) is 52.2 Å². The number of likely N-dealkylation sites (tertiary alicyclic amines) is 1. The zero-order valence-corrected chi connectivity index (χ0v) is 20.9. The Morgan fingerprint density at radius 1 is 1.14 bits per heavy atom. The van der Waals surface area contributed by atoms with Crippen molar-refractivity contribution in [3.05, 3.63) is 48.4 Å². The van der Waals surface area contributed by atoms with Gasteiger partial charge in [0.25, 0.3) is 0 Å². The van der Waals surface area contributed by atoms with Crippen LogP contribution in [-0.2, 0) is 11.8 Å². The highest BCUT2D eigenvalue weighted by molar-refractivity contribution is 5.98. The molecule has 4 rings (SSSR count). The largest absolute Gasteiger partial charge is 0.444 e. The lowest BCUT2D eigenvalue weighted by Gasteiger charge is -2.34. The molecule has 0 spiro atoms. The van der Waals surface area contributed by atoms with Crippen LogP contribution in [-0.4, -0.2) is 61.3 Å². The second kappa shape index (κ2) is 9.85. The van der Waals surface area contributed by atoms with Crippen LogP contribution in [0.1, 0.15) is 50.9 Å². The van der Waals surface area contributed by atoms with Crippen molar-refractivity contribution in [2.24, 2.45) is 7.05 Å². The average molecular weight is 477 g/mol. The number of rotatable bonds is 5. The van der Waals surface area contributed by atoms with Gasteiger partial charge in [0.15, 0.2) is 11.6 Å². The fraction of sp³-hybridized carbons (Fsp3) is 0.423. The lowest BCUT2D eigenvalue weighted by molar-refractivity contribution is 0.0206. The van der Waals surface area contributed by atoms with Crippen LogP contribution in [0.2, 0.25) is 0 Å². The highest BCUT2D eigenvalue weighted by Crippen LogP contribution is 2.27. The molecule has 1 N–H and O–H groups in total. The van der Waals surface area contributed by atoms with Crippen LogP contribution < -0.4 is 5.32 Å². The number of anilines is 1. The Kier molecular flexibility index (Phi) is 6.86. The van der Waals surface area contributed by atoms with E-state index >= 15 is 0 Å². The Balaban J connectivity index is 1.58. The van der Waals surface area contributed by atoms with Crippen LogP contribution in [0.5, 0.6) is 0 Å². The summed E-state index contributed by atoms with van der Waals surface area (Å²) in [6, 6.07) is 7.86. The number of piperidine rings is 1. The van der Waals surface area contributed by atoms with Gasteiger partial charge < -0.3 is 15.0 Å². The number of ether oxygens (including phenoxy) is 1. The third-order valence-corrected chi connectivity index (χ3v) is 5.74. The van der Waals surface area contributed by atoms with E-state index in [9.17, 15) is 9.59 Å². The summed E-state index contributed by atoms with van der Waals surface area (Å²) in [6.07, 6.45) is 6.69. The van der Waals surface area contributed by atoms with E-state index in [1.54, 1.807) is 15.8 Å². The summed E-state index contributed by atoms with van der Waals surface area (Å²) in [7, 11) is 1.88. The van der Waals surface area contributed by atoms with Gasteiger partial charge in [-0.2, -0.15) is 5.10 Å². The highest BCUT2D eigenvalue weighted by Gasteiger charge is 2.28. The molecule has 1 aromatic carbocycles. The van der Waals surface area contributed by atoms with Gasteiger partial charge in [-0.3, -0.25) is 9.48 Å². The lowest BCUT2D eigenvalue weighted by Crippen LogP contribution is -2.47. The summed E-state index contributed by atoms with van der Waals surface area (Å²) in [5.41, 5.74) is 2.71. The smallest absolute Gasteiger partial charge is 0.410 e. The number of carbonyl (C=O) groups is 2. The van der Waals surface area contributed by atoms with E-state index in [-0.39, 0.29) is 17.9 Å². The number of Topliss-reactive ketones (excluding diaryl/α,β-unsaturated/α-hetero) is 1. The molecule has 1 amide bonds. The zero-order chi connectivity index (χ0) is 25.2. The fourth-order valence-corrected chi connectivity index (χ4v) is 4.08. The number of amides is 1. The van der Waals surface area contributed by atoms with Crippen molar-refractivity contribution < 1.29 is 14.3 Å². The van der Waals surface area contributed by atoms with Gasteiger partial charge in [-0.25, -0.2) is 14.8 Å². The van der Waals surface area contributed by atoms with Gasteiger partial charge in [-0.05, 0) is 52.2 Å². The molecule has 1 unspecified atom stereocenters. The monoisotopic (exact) mass is 476 g/mol. The maximum atomic E-state index is 12.6.